The first kappa shape index (κ1) is 12.2. The van der Waals surface area contributed by atoms with Gasteiger partial charge in [-0.25, -0.2) is 9.97 Å². The molecule has 3 rings (SSSR count). The van der Waals surface area contributed by atoms with Crippen molar-refractivity contribution in [2.75, 3.05) is 5.73 Å². The number of anilines is 1. The normalized spacial score (nSPS) is 11.1. The van der Waals surface area contributed by atoms with Crippen molar-refractivity contribution < 1.29 is 0 Å². The van der Waals surface area contributed by atoms with Crippen LogP contribution in [0.4, 0.5) is 5.95 Å². The average Bonchev–Trinajstić information content (AvgIpc) is 2.68. The number of benzene rings is 1. The Hall–Kier alpha value is -1.88. The number of aromatic nitrogens is 3. The van der Waals surface area contributed by atoms with E-state index in [1.165, 1.54) is 5.56 Å². The molecule has 0 radical (unpaired) electrons. The van der Waals surface area contributed by atoms with Gasteiger partial charge in [0.1, 0.15) is 5.52 Å². The molecular formula is C14H13BrN4. The minimum atomic E-state index is 0.448. The highest BCUT2D eigenvalue weighted by molar-refractivity contribution is 9.10. The third-order valence-corrected chi connectivity index (χ3v) is 3.94. The lowest BCUT2D eigenvalue weighted by Gasteiger charge is -2.08. The summed E-state index contributed by atoms with van der Waals surface area (Å²) in [6.07, 6.45) is 0. The lowest BCUT2D eigenvalue weighted by atomic mass is 10.2. The van der Waals surface area contributed by atoms with Crippen LogP contribution in [0.25, 0.3) is 16.9 Å². The number of imidazole rings is 1. The number of halogens is 1. The van der Waals surface area contributed by atoms with Crippen LogP contribution in [-0.2, 0) is 0 Å². The Balaban J connectivity index is 2.31. The van der Waals surface area contributed by atoms with Crippen LogP contribution >= 0.6 is 15.9 Å². The number of aryl methyl sites for hydroxylation is 2. The molecule has 0 aliphatic carbocycles. The van der Waals surface area contributed by atoms with Gasteiger partial charge in [-0.3, -0.25) is 4.57 Å². The Morgan fingerprint density at radius 1 is 1.11 bits per heavy atom. The average molecular weight is 317 g/mol. The summed E-state index contributed by atoms with van der Waals surface area (Å²) in [6, 6.07) is 9.96. The molecule has 1 aromatic carbocycles. The number of nitrogens with zero attached hydrogens (tertiary/aromatic N) is 3. The van der Waals surface area contributed by atoms with Crippen LogP contribution in [0.3, 0.4) is 0 Å². The molecule has 19 heavy (non-hydrogen) atoms. The van der Waals surface area contributed by atoms with Crippen LogP contribution in [0.2, 0.25) is 0 Å². The highest BCUT2D eigenvalue weighted by Crippen LogP contribution is 2.25. The third-order valence-electron chi connectivity index (χ3n) is 3.08. The van der Waals surface area contributed by atoms with Gasteiger partial charge in [-0.15, -0.1) is 0 Å². The van der Waals surface area contributed by atoms with Crippen LogP contribution in [-0.4, -0.2) is 14.5 Å². The van der Waals surface area contributed by atoms with E-state index in [2.05, 4.69) is 25.9 Å². The fourth-order valence-electron chi connectivity index (χ4n) is 2.04. The Labute approximate surface area is 119 Å². The molecule has 0 saturated carbocycles. The quantitative estimate of drug-likeness (QED) is 0.748. The molecule has 0 aliphatic rings. The minimum absolute atomic E-state index is 0.448. The molecular weight excluding hydrogens is 304 g/mol. The van der Waals surface area contributed by atoms with E-state index in [4.69, 9.17) is 5.73 Å². The second kappa shape index (κ2) is 4.35. The number of pyridine rings is 1. The fourth-order valence-corrected chi connectivity index (χ4v) is 2.41. The molecule has 2 N–H and O–H groups in total. The molecule has 5 heteroatoms. The van der Waals surface area contributed by atoms with Gasteiger partial charge in [0.25, 0.3) is 0 Å². The summed E-state index contributed by atoms with van der Waals surface area (Å²) in [5, 5.41) is 0. The molecule has 0 spiro atoms. The summed E-state index contributed by atoms with van der Waals surface area (Å²) in [5.74, 6) is 0.448. The van der Waals surface area contributed by atoms with E-state index in [1.807, 2.05) is 48.7 Å². The van der Waals surface area contributed by atoms with Crippen LogP contribution < -0.4 is 5.73 Å². The van der Waals surface area contributed by atoms with Gasteiger partial charge in [-0.1, -0.05) is 22.0 Å². The molecule has 2 aromatic heterocycles. The van der Waals surface area contributed by atoms with Crippen molar-refractivity contribution in [2.45, 2.75) is 13.8 Å². The molecule has 4 nitrogen and oxygen atoms in total. The Bertz CT molecular complexity index is 776. The van der Waals surface area contributed by atoms with Crippen molar-refractivity contribution in [3.8, 4) is 5.69 Å². The van der Waals surface area contributed by atoms with Crippen molar-refractivity contribution >= 4 is 33.0 Å². The van der Waals surface area contributed by atoms with Gasteiger partial charge in [0.15, 0.2) is 5.65 Å². The zero-order chi connectivity index (χ0) is 13.6. The second-order valence-corrected chi connectivity index (χ2v) is 5.39. The predicted octanol–water partition coefficient (Wildman–Crippen LogP) is 3.38. The summed E-state index contributed by atoms with van der Waals surface area (Å²) in [7, 11) is 0. The smallest absolute Gasteiger partial charge is 0.207 e. The summed E-state index contributed by atoms with van der Waals surface area (Å²) < 4.78 is 2.91. The van der Waals surface area contributed by atoms with Crippen LogP contribution in [0, 0.1) is 13.8 Å². The fraction of sp³-hybridized carbons (Fsp3) is 0.143. The second-order valence-electron chi connectivity index (χ2n) is 4.53. The van der Waals surface area contributed by atoms with Gasteiger partial charge in [-0.2, -0.15) is 0 Å². The Morgan fingerprint density at radius 2 is 1.89 bits per heavy atom. The highest BCUT2D eigenvalue weighted by atomic mass is 79.9. The maximum atomic E-state index is 6.02. The maximum absolute atomic E-state index is 6.02. The van der Waals surface area contributed by atoms with E-state index in [9.17, 15) is 0 Å². The number of nitrogen functional groups attached to an aromatic ring is 1. The van der Waals surface area contributed by atoms with E-state index in [1.54, 1.807) is 0 Å². The zero-order valence-corrected chi connectivity index (χ0v) is 12.3. The molecule has 0 atom stereocenters. The van der Waals surface area contributed by atoms with Crippen molar-refractivity contribution in [3.05, 3.63) is 46.1 Å². The number of hydrogen-bond donors (Lipinski definition) is 1. The molecule has 96 valence electrons. The summed E-state index contributed by atoms with van der Waals surface area (Å²) in [5.41, 5.74) is 10.7. The SMILES string of the molecule is Cc1ccc2nc(N)n(-c3ccc(C)c(Br)c3)c2n1. The largest absolute Gasteiger partial charge is 0.369 e. The van der Waals surface area contributed by atoms with Crippen LogP contribution in [0.5, 0.6) is 0 Å². The zero-order valence-electron chi connectivity index (χ0n) is 10.7. The van der Waals surface area contributed by atoms with Gasteiger partial charge < -0.3 is 5.73 Å². The van der Waals surface area contributed by atoms with Gasteiger partial charge in [0.05, 0.1) is 5.69 Å². The lowest BCUT2D eigenvalue weighted by Crippen LogP contribution is -2.02. The van der Waals surface area contributed by atoms with Crippen molar-refractivity contribution in [1.82, 2.24) is 14.5 Å². The topological polar surface area (TPSA) is 56.7 Å². The summed E-state index contributed by atoms with van der Waals surface area (Å²) >= 11 is 3.54. The summed E-state index contributed by atoms with van der Waals surface area (Å²) in [6.45, 7) is 4.00. The Kier molecular flexibility index (Phi) is 2.78. The Morgan fingerprint density at radius 3 is 2.63 bits per heavy atom. The number of nitrogens with two attached hydrogens (primary N) is 1. The third kappa shape index (κ3) is 2.00. The first-order valence-electron chi connectivity index (χ1n) is 5.94. The van der Waals surface area contributed by atoms with Gasteiger partial charge >= 0.3 is 0 Å². The first-order valence-corrected chi connectivity index (χ1v) is 6.73. The predicted molar refractivity (Wildman–Crippen MR) is 80.5 cm³/mol. The highest BCUT2D eigenvalue weighted by Gasteiger charge is 2.12. The van der Waals surface area contributed by atoms with E-state index in [0.29, 0.717) is 5.95 Å². The lowest BCUT2D eigenvalue weighted by molar-refractivity contribution is 1.07. The molecule has 0 saturated heterocycles. The molecule has 0 amide bonds. The van der Waals surface area contributed by atoms with Crippen molar-refractivity contribution in [3.63, 3.8) is 0 Å². The molecule has 0 fully saturated rings. The first-order chi connectivity index (χ1) is 9.06. The number of rotatable bonds is 1. The minimum Gasteiger partial charge on any atom is -0.369 e. The van der Waals surface area contributed by atoms with Gasteiger partial charge in [-0.05, 0) is 43.7 Å². The molecule has 0 bridgehead atoms. The number of hydrogen-bond acceptors (Lipinski definition) is 3. The van der Waals surface area contributed by atoms with E-state index < -0.39 is 0 Å². The molecule has 3 aromatic rings. The van der Waals surface area contributed by atoms with Crippen molar-refractivity contribution in [2.24, 2.45) is 0 Å². The van der Waals surface area contributed by atoms with E-state index in [-0.39, 0.29) is 0 Å². The van der Waals surface area contributed by atoms with E-state index in [0.717, 1.165) is 27.0 Å². The monoisotopic (exact) mass is 316 g/mol. The van der Waals surface area contributed by atoms with Gasteiger partial charge in [0.2, 0.25) is 5.95 Å². The number of fused-ring (bicyclic) bond motifs is 1. The standard InChI is InChI=1S/C14H13BrN4/c1-8-3-5-10(7-11(8)15)19-13-12(18-14(19)16)6-4-9(2)17-13/h3-7H,1-2H3,(H2,16,18). The van der Waals surface area contributed by atoms with Crippen LogP contribution in [0.15, 0.2) is 34.8 Å². The van der Waals surface area contributed by atoms with Crippen LogP contribution in [0.1, 0.15) is 11.3 Å². The molecule has 2 heterocycles. The summed E-state index contributed by atoms with van der Waals surface area (Å²) in [4.78, 5) is 8.88. The maximum Gasteiger partial charge on any atom is 0.207 e. The molecule has 0 unspecified atom stereocenters. The molecule has 0 aliphatic heterocycles. The van der Waals surface area contributed by atoms with Crippen molar-refractivity contribution in [1.29, 1.82) is 0 Å². The van der Waals surface area contributed by atoms with E-state index >= 15 is 0 Å². The van der Waals surface area contributed by atoms with Gasteiger partial charge in [0, 0.05) is 10.2 Å².